The van der Waals surface area contributed by atoms with Gasteiger partial charge in [-0.15, -0.1) is 0 Å². The number of nitrogens with zero attached hydrogens (tertiary/aromatic N) is 1. The average molecular weight is 193 g/mol. The van der Waals surface area contributed by atoms with E-state index in [0.717, 1.165) is 24.8 Å². The molecule has 0 aromatic heterocycles. The second-order valence-electron chi connectivity index (χ2n) is 3.66. The smallest absolute Gasteiger partial charge is 0.348 e. The van der Waals surface area contributed by atoms with Crippen LogP contribution in [0.5, 0.6) is 0 Å². The zero-order valence-corrected chi connectivity index (χ0v) is 8.67. The second kappa shape index (κ2) is 4.80. The number of nitriles is 1. The number of ether oxygens (including phenoxy) is 1. The van der Waals surface area contributed by atoms with Gasteiger partial charge >= 0.3 is 5.97 Å². The van der Waals surface area contributed by atoms with Gasteiger partial charge in [-0.3, -0.25) is 0 Å². The summed E-state index contributed by atoms with van der Waals surface area (Å²) in [5, 5.41) is 8.86. The molecule has 0 aromatic carbocycles. The predicted molar refractivity (Wildman–Crippen MR) is 52.3 cm³/mol. The van der Waals surface area contributed by atoms with Gasteiger partial charge in [-0.1, -0.05) is 6.92 Å². The van der Waals surface area contributed by atoms with Gasteiger partial charge in [-0.2, -0.15) is 5.26 Å². The molecule has 3 heteroatoms. The van der Waals surface area contributed by atoms with E-state index < -0.39 is 5.97 Å². The van der Waals surface area contributed by atoms with Crippen LogP contribution in [0, 0.1) is 17.2 Å². The van der Waals surface area contributed by atoms with Crippen LogP contribution < -0.4 is 0 Å². The van der Waals surface area contributed by atoms with E-state index >= 15 is 0 Å². The molecule has 14 heavy (non-hydrogen) atoms. The monoisotopic (exact) mass is 193 g/mol. The van der Waals surface area contributed by atoms with E-state index in [2.05, 4.69) is 6.92 Å². The van der Waals surface area contributed by atoms with Crippen molar-refractivity contribution in [3.63, 3.8) is 0 Å². The van der Waals surface area contributed by atoms with Crippen LogP contribution in [0.4, 0.5) is 0 Å². The van der Waals surface area contributed by atoms with Gasteiger partial charge in [0.05, 0.1) is 6.61 Å². The highest BCUT2D eigenvalue weighted by molar-refractivity contribution is 5.93. The molecule has 1 aliphatic carbocycles. The van der Waals surface area contributed by atoms with E-state index in [9.17, 15) is 4.79 Å². The van der Waals surface area contributed by atoms with Crippen molar-refractivity contribution < 1.29 is 9.53 Å². The number of allylic oxidation sites excluding steroid dienone is 1. The Hall–Kier alpha value is -1.30. The zero-order valence-electron chi connectivity index (χ0n) is 8.67. The summed E-state index contributed by atoms with van der Waals surface area (Å²) in [6.07, 6.45) is 2.80. The number of hydrogen-bond acceptors (Lipinski definition) is 3. The molecule has 0 aromatic rings. The van der Waals surface area contributed by atoms with E-state index in [4.69, 9.17) is 10.00 Å². The van der Waals surface area contributed by atoms with Gasteiger partial charge in [0.2, 0.25) is 0 Å². The highest BCUT2D eigenvalue weighted by Crippen LogP contribution is 2.32. The maximum atomic E-state index is 11.4. The highest BCUT2D eigenvalue weighted by Gasteiger charge is 2.22. The minimum absolute atomic E-state index is 0.233. The van der Waals surface area contributed by atoms with E-state index in [1.807, 2.05) is 6.07 Å². The fourth-order valence-electron chi connectivity index (χ4n) is 1.74. The maximum Gasteiger partial charge on any atom is 0.348 e. The Morgan fingerprint density at radius 2 is 2.43 bits per heavy atom. The Bertz CT molecular complexity index is 299. The van der Waals surface area contributed by atoms with Crippen LogP contribution in [0.1, 0.15) is 33.1 Å². The second-order valence-corrected chi connectivity index (χ2v) is 3.66. The summed E-state index contributed by atoms with van der Waals surface area (Å²) in [6, 6.07) is 1.95. The highest BCUT2D eigenvalue weighted by atomic mass is 16.5. The van der Waals surface area contributed by atoms with Crippen LogP contribution >= 0.6 is 0 Å². The van der Waals surface area contributed by atoms with Crippen molar-refractivity contribution in [3.8, 4) is 6.07 Å². The van der Waals surface area contributed by atoms with Crippen LogP contribution in [0.25, 0.3) is 0 Å². The first-order chi connectivity index (χ1) is 6.69. The van der Waals surface area contributed by atoms with E-state index in [1.54, 1.807) is 6.92 Å². The molecule has 1 fully saturated rings. The molecular weight excluding hydrogens is 178 g/mol. The molecule has 0 N–H and O–H groups in total. The lowest BCUT2D eigenvalue weighted by Gasteiger charge is -2.03. The van der Waals surface area contributed by atoms with Gasteiger partial charge in [0.1, 0.15) is 11.6 Å². The summed E-state index contributed by atoms with van der Waals surface area (Å²) in [5.41, 5.74) is 1.20. The topological polar surface area (TPSA) is 50.1 Å². The number of hydrogen-bond donors (Lipinski definition) is 0. The van der Waals surface area contributed by atoms with Crippen LogP contribution in [0.3, 0.4) is 0 Å². The van der Waals surface area contributed by atoms with Crippen molar-refractivity contribution in [2.24, 2.45) is 5.92 Å². The van der Waals surface area contributed by atoms with Crippen molar-refractivity contribution >= 4 is 5.97 Å². The minimum Gasteiger partial charge on any atom is -0.462 e. The number of rotatable bonds is 2. The Balaban J connectivity index is 2.80. The van der Waals surface area contributed by atoms with Crippen molar-refractivity contribution in [2.45, 2.75) is 33.1 Å². The number of carbonyl (C=O) groups excluding carboxylic acids is 1. The Kier molecular flexibility index (Phi) is 3.70. The molecule has 0 heterocycles. The molecule has 0 amide bonds. The molecule has 0 aliphatic heterocycles. The lowest BCUT2D eigenvalue weighted by atomic mass is 10.1. The normalized spacial score (nSPS) is 24.2. The SMILES string of the molecule is CCOC(=O)/C(C#N)=C1/CCC(C)C1. The van der Waals surface area contributed by atoms with E-state index in [0.29, 0.717) is 12.5 Å². The summed E-state index contributed by atoms with van der Waals surface area (Å²) < 4.78 is 4.82. The molecule has 0 radical (unpaired) electrons. The third-order valence-corrected chi connectivity index (χ3v) is 2.48. The summed E-state index contributed by atoms with van der Waals surface area (Å²) in [6.45, 7) is 4.20. The quantitative estimate of drug-likeness (QED) is 0.383. The minimum atomic E-state index is -0.459. The number of carbonyl (C=O) groups is 1. The summed E-state index contributed by atoms with van der Waals surface area (Å²) >= 11 is 0. The molecule has 76 valence electrons. The van der Waals surface area contributed by atoms with Gasteiger partial charge in [-0.25, -0.2) is 4.79 Å². The lowest BCUT2D eigenvalue weighted by molar-refractivity contribution is -0.138. The third-order valence-electron chi connectivity index (χ3n) is 2.48. The Labute approximate surface area is 84.4 Å². The van der Waals surface area contributed by atoms with E-state index in [1.165, 1.54) is 0 Å². The molecule has 3 nitrogen and oxygen atoms in total. The molecule has 0 bridgehead atoms. The average Bonchev–Trinajstić information content (AvgIpc) is 2.54. The first-order valence-electron chi connectivity index (χ1n) is 4.98. The van der Waals surface area contributed by atoms with Gasteiger partial charge in [0.15, 0.2) is 0 Å². The summed E-state index contributed by atoms with van der Waals surface area (Å²) in [4.78, 5) is 11.4. The molecule has 1 rings (SSSR count). The standard InChI is InChI=1S/C11H15NO2/c1-3-14-11(13)10(7-12)9-5-4-8(2)6-9/h8H,3-6H2,1-2H3/b10-9-. The first kappa shape index (κ1) is 10.8. The molecule has 1 unspecified atom stereocenters. The molecule has 0 saturated heterocycles. The van der Waals surface area contributed by atoms with Crippen LogP contribution in [0.15, 0.2) is 11.1 Å². The largest absolute Gasteiger partial charge is 0.462 e. The summed E-state index contributed by atoms with van der Waals surface area (Å²) in [5.74, 6) is 0.127. The van der Waals surface area contributed by atoms with Crippen molar-refractivity contribution in [2.75, 3.05) is 6.61 Å². The fourth-order valence-corrected chi connectivity index (χ4v) is 1.74. The third kappa shape index (κ3) is 2.35. The molecular formula is C11H15NO2. The molecule has 0 spiro atoms. The van der Waals surface area contributed by atoms with Crippen LogP contribution in [0.2, 0.25) is 0 Å². The van der Waals surface area contributed by atoms with Crippen molar-refractivity contribution in [3.05, 3.63) is 11.1 Å². The molecule has 1 atom stereocenters. The predicted octanol–water partition coefficient (Wildman–Crippen LogP) is 2.19. The lowest BCUT2D eigenvalue weighted by Crippen LogP contribution is -2.08. The van der Waals surface area contributed by atoms with Gasteiger partial charge in [-0.05, 0) is 37.7 Å². The van der Waals surface area contributed by atoms with Crippen molar-refractivity contribution in [1.29, 1.82) is 5.26 Å². The zero-order chi connectivity index (χ0) is 10.6. The van der Waals surface area contributed by atoms with Crippen LogP contribution in [-0.2, 0) is 9.53 Å². The Morgan fingerprint density at radius 3 is 2.86 bits per heavy atom. The van der Waals surface area contributed by atoms with E-state index in [-0.39, 0.29) is 5.57 Å². The number of esters is 1. The van der Waals surface area contributed by atoms with Crippen molar-refractivity contribution in [1.82, 2.24) is 0 Å². The first-order valence-corrected chi connectivity index (χ1v) is 4.98. The Morgan fingerprint density at radius 1 is 1.71 bits per heavy atom. The fraction of sp³-hybridized carbons (Fsp3) is 0.636. The molecule has 1 aliphatic rings. The summed E-state index contributed by atoms with van der Waals surface area (Å²) in [7, 11) is 0. The molecule has 1 saturated carbocycles. The van der Waals surface area contributed by atoms with Gasteiger partial charge in [0, 0.05) is 0 Å². The maximum absolute atomic E-state index is 11.4. The van der Waals surface area contributed by atoms with Gasteiger partial charge in [0.25, 0.3) is 0 Å². The van der Waals surface area contributed by atoms with Gasteiger partial charge < -0.3 is 4.74 Å². The van der Waals surface area contributed by atoms with Crippen LogP contribution in [-0.4, -0.2) is 12.6 Å².